The fourth-order valence-corrected chi connectivity index (χ4v) is 4.37. The predicted octanol–water partition coefficient (Wildman–Crippen LogP) is 4.06. The molecule has 30 heavy (non-hydrogen) atoms. The molecule has 2 aromatic carbocycles. The van der Waals surface area contributed by atoms with Gasteiger partial charge in [-0.25, -0.2) is 9.78 Å². The van der Waals surface area contributed by atoms with E-state index < -0.39 is 5.97 Å². The van der Waals surface area contributed by atoms with E-state index in [1.54, 1.807) is 24.3 Å². The van der Waals surface area contributed by atoms with Crippen LogP contribution in [0.1, 0.15) is 58.1 Å². The van der Waals surface area contributed by atoms with Gasteiger partial charge in [-0.3, -0.25) is 4.79 Å². The van der Waals surface area contributed by atoms with E-state index in [2.05, 4.69) is 39.9 Å². The zero-order chi connectivity index (χ0) is 21.1. The van der Waals surface area contributed by atoms with E-state index in [1.807, 2.05) is 6.07 Å². The molecule has 0 spiro atoms. The van der Waals surface area contributed by atoms with Crippen LogP contribution in [0.25, 0.3) is 11.0 Å². The van der Waals surface area contributed by atoms with Crippen LogP contribution in [0.4, 0.5) is 0 Å². The summed E-state index contributed by atoms with van der Waals surface area (Å²) in [5.74, 6) is 1.61. The highest BCUT2D eigenvalue weighted by Gasteiger charge is 2.26. The maximum atomic E-state index is 12.4. The molecule has 0 atom stereocenters. The number of para-hydroxylation sites is 2. The summed E-state index contributed by atoms with van der Waals surface area (Å²) in [6.45, 7) is 0.673. The summed E-state index contributed by atoms with van der Waals surface area (Å²) in [5, 5.41) is 3.04. The standard InChI is InChI=1S/C24H27N3O3/c1-27-21-6-4-3-5-20(21)26-22(27)17-9-7-16(8-10-17)15-25-23(28)18-11-13-19(14-12-18)24(29)30-2/h3-6,11-14,16-17H,7-10,15H2,1-2H3,(H,25,28). The predicted molar refractivity (Wildman–Crippen MR) is 116 cm³/mol. The molecule has 1 aliphatic rings. The lowest BCUT2D eigenvalue weighted by Crippen LogP contribution is -2.31. The van der Waals surface area contributed by atoms with Crippen molar-refractivity contribution in [2.24, 2.45) is 13.0 Å². The summed E-state index contributed by atoms with van der Waals surface area (Å²) in [5.41, 5.74) is 3.23. The van der Waals surface area contributed by atoms with Crippen LogP contribution in [0.15, 0.2) is 48.5 Å². The van der Waals surface area contributed by atoms with Crippen LogP contribution in [-0.2, 0) is 11.8 Å². The number of carbonyl (C=O) groups excluding carboxylic acids is 2. The molecule has 1 saturated carbocycles. The Morgan fingerprint density at radius 1 is 1.03 bits per heavy atom. The lowest BCUT2D eigenvalue weighted by Gasteiger charge is -2.28. The second-order valence-electron chi connectivity index (χ2n) is 8.01. The van der Waals surface area contributed by atoms with Gasteiger partial charge in [0.05, 0.1) is 23.7 Å². The van der Waals surface area contributed by atoms with E-state index in [1.165, 1.54) is 18.5 Å². The monoisotopic (exact) mass is 405 g/mol. The third-order valence-electron chi connectivity index (χ3n) is 6.15. The third-order valence-corrected chi connectivity index (χ3v) is 6.15. The van der Waals surface area contributed by atoms with Crippen molar-refractivity contribution in [1.29, 1.82) is 0 Å². The minimum absolute atomic E-state index is 0.108. The van der Waals surface area contributed by atoms with Crippen LogP contribution in [0.5, 0.6) is 0 Å². The average Bonchev–Trinajstić information content (AvgIpc) is 3.14. The molecule has 1 fully saturated rings. The highest BCUT2D eigenvalue weighted by molar-refractivity contribution is 5.96. The summed E-state index contributed by atoms with van der Waals surface area (Å²) >= 11 is 0. The summed E-state index contributed by atoms with van der Waals surface area (Å²) < 4.78 is 6.91. The van der Waals surface area contributed by atoms with Crippen molar-refractivity contribution < 1.29 is 14.3 Å². The van der Waals surface area contributed by atoms with Crippen molar-refractivity contribution in [2.45, 2.75) is 31.6 Å². The van der Waals surface area contributed by atoms with E-state index in [-0.39, 0.29) is 5.91 Å². The van der Waals surface area contributed by atoms with Crippen molar-refractivity contribution in [3.63, 3.8) is 0 Å². The van der Waals surface area contributed by atoms with E-state index in [4.69, 9.17) is 4.98 Å². The molecule has 1 amide bonds. The van der Waals surface area contributed by atoms with Crippen molar-refractivity contribution in [1.82, 2.24) is 14.9 Å². The van der Waals surface area contributed by atoms with Gasteiger partial charge in [-0.05, 0) is 68.0 Å². The highest BCUT2D eigenvalue weighted by Crippen LogP contribution is 2.36. The molecule has 6 nitrogen and oxygen atoms in total. The Bertz CT molecular complexity index is 1050. The van der Waals surface area contributed by atoms with Crippen LogP contribution >= 0.6 is 0 Å². The number of aryl methyl sites for hydroxylation is 1. The van der Waals surface area contributed by atoms with Gasteiger partial charge in [-0.15, -0.1) is 0 Å². The van der Waals surface area contributed by atoms with Gasteiger partial charge in [-0.2, -0.15) is 0 Å². The molecule has 6 heteroatoms. The zero-order valence-electron chi connectivity index (χ0n) is 17.4. The Hall–Kier alpha value is -3.15. The summed E-state index contributed by atoms with van der Waals surface area (Å²) in [6.07, 6.45) is 4.34. The molecule has 0 unspecified atom stereocenters. The minimum atomic E-state index is -0.403. The molecule has 3 aromatic rings. The molecule has 0 radical (unpaired) electrons. The Morgan fingerprint density at radius 3 is 2.37 bits per heavy atom. The first kappa shape index (κ1) is 20.1. The largest absolute Gasteiger partial charge is 0.465 e. The number of nitrogens with zero attached hydrogens (tertiary/aromatic N) is 2. The summed E-state index contributed by atoms with van der Waals surface area (Å²) in [4.78, 5) is 28.8. The van der Waals surface area contributed by atoms with E-state index in [0.717, 1.165) is 31.2 Å². The molecule has 1 aromatic heterocycles. The molecular weight excluding hydrogens is 378 g/mol. The number of amides is 1. The number of carbonyl (C=O) groups is 2. The number of esters is 1. The topological polar surface area (TPSA) is 73.2 Å². The van der Waals surface area contributed by atoms with Gasteiger partial charge < -0.3 is 14.6 Å². The number of rotatable bonds is 5. The van der Waals surface area contributed by atoms with Gasteiger partial charge >= 0.3 is 5.97 Å². The number of aromatic nitrogens is 2. The fraction of sp³-hybridized carbons (Fsp3) is 0.375. The summed E-state index contributed by atoms with van der Waals surface area (Å²) in [7, 11) is 3.44. The lowest BCUT2D eigenvalue weighted by atomic mass is 9.81. The van der Waals surface area contributed by atoms with Crippen LogP contribution in [0, 0.1) is 5.92 Å². The van der Waals surface area contributed by atoms with E-state index >= 15 is 0 Å². The molecular formula is C24H27N3O3. The molecule has 0 saturated heterocycles. The first-order chi connectivity index (χ1) is 14.6. The number of hydrogen-bond donors (Lipinski definition) is 1. The van der Waals surface area contributed by atoms with E-state index in [9.17, 15) is 9.59 Å². The molecule has 1 aliphatic carbocycles. The molecule has 1 N–H and O–H groups in total. The maximum absolute atomic E-state index is 12.4. The van der Waals surface area contributed by atoms with Crippen molar-refractivity contribution in [3.05, 3.63) is 65.5 Å². The van der Waals surface area contributed by atoms with Gasteiger partial charge in [-0.1, -0.05) is 12.1 Å². The average molecular weight is 405 g/mol. The fourth-order valence-electron chi connectivity index (χ4n) is 4.37. The number of fused-ring (bicyclic) bond motifs is 1. The van der Waals surface area contributed by atoms with Gasteiger partial charge in [0.2, 0.25) is 0 Å². The van der Waals surface area contributed by atoms with Crippen LogP contribution in [0.3, 0.4) is 0 Å². The molecule has 0 bridgehead atoms. The Morgan fingerprint density at radius 2 is 1.70 bits per heavy atom. The Balaban J connectivity index is 1.30. The molecule has 1 heterocycles. The summed E-state index contributed by atoms with van der Waals surface area (Å²) in [6, 6.07) is 14.8. The second-order valence-corrected chi connectivity index (χ2v) is 8.01. The number of methoxy groups -OCH3 is 1. The highest BCUT2D eigenvalue weighted by atomic mass is 16.5. The van der Waals surface area contributed by atoms with Crippen molar-refractivity contribution in [3.8, 4) is 0 Å². The number of benzene rings is 2. The maximum Gasteiger partial charge on any atom is 0.337 e. The molecule has 156 valence electrons. The third kappa shape index (κ3) is 4.08. The van der Waals surface area contributed by atoms with Gasteiger partial charge in [0.15, 0.2) is 0 Å². The molecule has 0 aliphatic heterocycles. The molecule has 4 rings (SSSR count). The number of nitrogens with one attached hydrogen (secondary N) is 1. The number of ether oxygens (including phenoxy) is 1. The van der Waals surface area contributed by atoms with Crippen LogP contribution < -0.4 is 5.32 Å². The van der Waals surface area contributed by atoms with Gasteiger partial charge in [0.1, 0.15) is 5.82 Å². The second kappa shape index (κ2) is 8.69. The van der Waals surface area contributed by atoms with E-state index in [0.29, 0.717) is 29.5 Å². The Kier molecular flexibility index (Phi) is 5.84. The zero-order valence-corrected chi connectivity index (χ0v) is 17.4. The van der Waals surface area contributed by atoms with Gasteiger partial charge in [0.25, 0.3) is 5.91 Å². The van der Waals surface area contributed by atoms with Crippen molar-refractivity contribution >= 4 is 22.9 Å². The normalized spacial score (nSPS) is 18.9. The first-order valence-electron chi connectivity index (χ1n) is 10.4. The first-order valence-corrected chi connectivity index (χ1v) is 10.4. The quantitative estimate of drug-likeness (QED) is 0.650. The smallest absolute Gasteiger partial charge is 0.337 e. The lowest BCUT2D eigenvalue weighted by molar-refractivity contribution is 0.0600. The SMILES string of the molecule is COC(=O)c1ccc(C(=O)NCC2CCC(c3nc4ccccc4n3C)CC2)cc1. The number of imidazole rings is 1. The van der Waals surface area contributed by atoms with Crippen LogP contribution in [-0.4, -0.2) is 35.1 Å². The van der Waals surface area contributed by atoms with Gasteiger partial charge in [0, 0.05) is 25.1 Å². The van der Waals surface area contributed by atoms with Crippen molar-refractivity contribution in [2.75, 3.05) is 13.7 Å². The minimum Gasteiger partial charge on any atom is -0.465 e. The Labute approximate surface area is 176 Å². The van der Waals surface area contributed by atoms with Crippen LogP contribution in [0.2, 0.25) is 0 Å². The number of hydrogen-bond acceptors (Lipinski definition) is 4.